The number of benzene rings is 1. The lowest BCUT2D eigenvalue weighted by atomic mass is 9.84. The molecule has 100 valence electrons. The highest BCUT2D eigenvalue weighted by atomic mass is 16.4. The third-order valence-corrected chi connectivity index (χ3v) is 2.99. The number of aromatic nitrogens is 2. The van der Waals surface area contributed by atoms with E-state index in [1.807, 2.05) is 10.6 Å². The van der Waals surface area contributed by atoms with E-state index in [-0.39, 0.29) is 5.56 Å². The lowest BCUT2D eigenvalue weighted by Gasteiger charge is -2.04. The van der Waals surface area contributed by atoms with Crippen molar-refractivity contribution >= 4 is 24.1 Å². The summed E-state index contributed by atoms with van der Waals surface area (Å²) in [6.45, 7) is 0.673. The molecule has 0 aliphatic heterocycles. The molecule has 0 aliphatic rings. The van der Waals surface area contributed by atoms with Crippen LogP contribution < -0.4 is 0 Å². The Balaban J connectivity index is 2.12. The molecule has 2 aromatic rings. The lowest BCUT2D eigenvalue weighted by Crippen LogP contribution is -2.10. The normalized spacial score (nSPS) is 10.8. The number of rotatable bonds is 6. The quantitative estimate of drug-likeness (QED) is 0.533. The maximum Gasteiger partial charge on any atom is 0.451 e. The molecule has 3 N–H and O–H groups in total. The summed E-state index contributed by atoms with van der Waals surface area (Å²) in [7, 11) is -1.27. The Morgan fingerprint density at radius 3 is 2.79 bits per heavy atom. The van der Waals surface area contributed by atoms with E-state index in [9.17, 15) is 4.79 Å². The van der Waals surface area contributed by atoms with Gasteiger partial charge >= 0.3 is 13.1 Å². The van der Waals surface area contributed by atoms with Crippen molar-refractivity contribution in [2.45, 2.75) is 25.7 Å². The Kier molecular flexibility index (Phi) is 4.18. The van der Waals surface area contributed by atoms with E-state index in [0.717, 1.165) is 11.9 Å². The summed E-state index contributed by atoms with van der Waals surface area (Å²) < 4.78 is 1.88. The third kappa shape index (κ3) is 3.13. The van der Waals surface area contributed by atoms with Crippen LogP contribution in [0.1, 0.15) is 23.2 Å². The van der Waals surface area contributed by atoms with E-state index in [1.54, 1.807) is 12.4 Å². The standard InChI is InChI=1S/C12H15BN2O4/c16-12(17)9-4-3-5-10-11(9)14-8-15(10)7-2-1-6-13(18)19/h3-5,8,18-19H,1-2,6-7H2,(H,16,17). The topological polar surface area (TPSA) is 95.6 Å². The van der Waals surface area contributed by atoms with Crippen molar-refractivity contribution in [1.29, 1.82) is 0 Å². The van der Waals surface area contributed by atoms with Crippen molar-refractivity contribution in [2.75, 3.05) is 0 Å². The number of carboxylic acids is 1. The molecule has 1 heterocycles. The van der Waals surface area contributed by atoms with E-state index < -0.39 is 13.1 Å². The monoisotopic (exact) mass is 262 g/mol. The maximum atomic E-state index is 11.1. The zero-order valence-electron chi connectivity index (χ0n) is 10.4. The van der Waals surface area contributed by atoms with Gasteiger partial charge in [-0.05, 0) is 24.9 Å². The highest BCUT2D eigenvalue weighted by molar-refractivity contribution is 6.40. The molecule has 2 rings (SSSR count). The van der Waals surface area contributed by atoms with Gasteiger partial charge in [-0.1, -0.05) is 12.5 Å². The van der Waals surface area contributed by atoms with Gasteiger partial charge in [-0.2, -0.15) is 0 Å². The van der Waals surface area contributed by atoms with Crippen LogP contribution in [-0.4, -0.2) is 37.8 Å². The number of fused-ring (bicyclic) bond motifs is 1. The molecular weight excluding hydrogens is 247 g/mol. The van der Waals surface area contributed by atoms with Gasteiger partial charge < -0.3 is 19.7 Å². The first-order valence-corrected chi connectivity index (χ1v) is 6.13. The van der Waals surface area contributed by atoms with Gasteiger partial charge in [-0.3, -0.25) is 0 Å². The SMILES string of the molecule is O=C(O)c1cccc2c1ncn2CCCCB(O)O. The predicted molar refractivity (Wildman–Crippen MR) is 70.9 cm³/mol. The molecule has 0 saturated carbocycles. The fourth-order valence-corrected chi connectivity index (χ4v) is 2.05. The van der Waals surface area contributed by atoms with E-state index >= 15 is 0 Å². The molecule has 19 heavy (non-hydrogen) atoms. The predicted octanol–water partition coefficient (Wildman–Crippen LogP) is 0.987. The molecule has 0 amide bonds. The fourth-order valence-electron chi connectivity index (χ4n) is 2.05. The van der Waals surface area contributed by atoms with Crippen molar-refractivity contribution in [1.82, 2.24) is 9.55 Å². The summed E-state index contributed by atoms with van der Waals surface area (Å²) in [6.07, 6.45) is 3.43. The summed E-state index contributed by atoms with van der Waals surface area (Å²) in [6, 6.07) is 5.06. The molecule has 6 nitrogen and oxygen atoms in total. The summed E-state index contributed by atoms with van der Waals surface area (Å²) in [4.78, 5) is 15.2. The lowest BCUT2D eigenvalue weighted by molar-refractivity contribution is 0.0699. The van der Waals surface area contributed by atoms with Gasteiger partial charge in [0.25, 0.3) is 0 Å². The first-order chi connectivity index (χ1) is 9.09. The molecule has 0 bridgehead atoms. The minimum atomic E-state index is -1.27. The fraction of sp³-hybridized carbons (Fsp3) is 0.333. The van der Waals surface area contributed by atoms with Crippen molar-refractivity contribution in [3.8, 4) is 0 Å². The molecule has 0 spiro atoms. The number of hydrogen-bond acceptors (Lipinski definition) is 4. The van der Waals surface area contributed by atoms with Crippen molar-refractivity contribution < 1.29 is 19.9 Å². The Morgan fingerprint density at radius 2 is 2.11 bits per heavy atom. The first-order valence-electron chi connectivity index (χ1n) is 6.13. The largest absolute Gasteiger partial charge is 0.478 e. The number of carboxylic acid groups (broad SMARTS) is 1. The van der Waals surface area contributed by atoms with Crippen LogP contribution in [0.15, 0.2) is 24.5 Å². The second kappa shape index (κ2) is 5.86. The average molecular weight is 262 g/mol. The van der Waals surface area contributed by atoms with Crippen LogP contribution in [-0.2, 0) is 6.54 Å². The molecule has 0 fully saturated rings. The number of nitrogens with zero attached hydrogens (tertiary/aromatic N) is 2. The minimum Gasteiger partial charge on any atom is -0.478 e. The Labute approximate surface area is 110 Å². The van der Waals surface area contributed by atoms with E-state index in [4.69, 9.17) is 15.2 Å². The van der Waals surface area contributed by atoms with Crippen LogP contribution in [0.3, 0.4) is 0 Å². The first kappa shape index (κ1) is 13.6. The molecule has 1 aromatic heterocycles. The Bertz CT molecular complexity index is 582. The van der Waals surface area contributed by atoms with Gasteiger partial charge in [-0.15, -0.1) is 0 Å². The molecule has 0 saturated heterocycles. The Hall–Kier alpha value is -1.86. The highest BCUT2D eigenvalue weighted by Gasteiger charge is 2.12. The summed E-state index contributed by atoms with van der Waals surface area (Å²) in [5, 5.41) is 26.6. The summed E-state index contributed by atoms with van der Waals surface area (Å²) in [5.41, 5.74) is 1.46. The zero-order chi connectivity index (χ0) is 13.8. The molecule has 7 heteroatoms. The van der Waals surface area contributed by atoms with Crippen molar-refractivity contribution in [3.63, 3.8) is 0 Å². The van der Waals surface area contributed by atoms with Crippen LogP contribution in [0, 0.1) is 0 Å². The molecule has 0 aliphatic carbocycles. The second-order valence-electron chi connectivity index (χ2n) is 4.39. The molecule has 0 radical (unpaired) electrons. The van der Waals surface area contributed by atoms with Crippen LogP contribution in [0.2, 0.25) is 6.32 Å². The zero-order valence-corrected chi connectivity index (χ0v) is 10.4. The van der Waals surface area contributed by atoms with Crippen LogP contribution in [0.4, 0.5) is 0 Å². The maximum absolute atomic E-state index is 11.1. The number of hydrogen-bond donors (Lipinski definition) is 3. The third-order valence-electron chi connectivity index (χ3n) is 2.99. The minimum absolute atomic E-state index is 0.196. The van der Waals surface area contributed by atoms with Gasteiger partial charge in [0.05, 0.1) is 17.4 Å². The number of unbranched alkanes of at least 4 members (excludes halogenated alkanes) is 1. The van der Waals surface area contributed by atoms with E-state index in [0.29, 0.717) is 24.8 Å². The second-order valence-corrected chi connectivity index (χ2v) is 4.39. The number of aryl methyl sites for hydroxylation is 1. The highest BCUT2D eigenvalue weighted by Crippen LogP contribution is 2.18. The van der Waals surface area contributed by atoms with Gasteiger partial charge in [0, 0.05) is 6.54 Å². The van der Waals surface area contributed by atoms with E-state index in [1.165, 1.54) is 6.07 Å². The van der Waals surface area contributed by atoms with Crippen LogP contribution in [0.5, 0.6) is 0 Å². The number of imidazole rings is 1. The van der Waals surface area contributed by atoms with Crippen molar-refractivity contribution in [3.05, 3.63) is 30.1 Å². The van der Waals surface area contributed by atoms with Crippen LogP contribution in [0.25, 0.3) is 11.0 Å². The summed E-state index contributed by atoms with van der Waals surface area (Å²) >= 11 is 0. The van der Waals surface area contributed by atoms with Crippen molar-refractivity contribution in [2.24, 2.45) is 0 Å². The number of carbonyl (C=O) groups is 1. The molecule has 0 atom stereocenters. The van der Waals surface area contributed by atoms with Gasteiger partial charge in [0.2, 0.25) is 0 Å². The van der Waals surface area contributed by atoms with Crippen LogP contribution >= 0.6 is 0 Å². The molecular formula is C12H15BN2O4. The van der Waals surface area contributed by atoms with E-state index in [2.05, 4.69) is 4.98 Å². The van der Waals surface area contributed by atoms with Gasteiger partial charge in [0.15, 0.2) is 0 Å². The van der Waals surface area contributed by atoms with Gasteiger partial charge in [0.1, 0.15) is 5.52 Å². The smallest absolute Gasteiger partial charge is 0.451 e. The Morgan fingerprint density at radius 1 is 1.32 bits per heavy atom. The number of para-hydroxylation sites is 1. The molecule has 1 aromatic carbocycles. The number of aromatic carboxylic acids is 1. The average Bonchev–Trinajstić information content (AvgIpc) is 2.77. The van der Waals surface area contributed by atoms with Gasteiger partial charge in [-0.25, -0.2) is 9.78 Å². The molecule has 0 unspecified atom stereocenters. The summed E-state index contributed by atoms with van der Waals surface area (Å²) in [5.74, 6) is -0.987.